The molecule has 0 saturated carbocycles. The lowest BCUT2D eigenvalue weighted by Gasteiger charge is -2.33. The highest BCUT2D eigenvalue weighted by molar-refractivity contribution is 7.10. The molecule has 152 valence electrons. The maximum absolute atomic E-state index is 5.54. The first-order valence-electron chi connectivity index (χ1n) is 10.5. The van der Waals surface area contributed by atoms with Crippen LogP contribution in [0.1, 0.15) is 37.1 Å². The molecule has 0 bridgehead atoms. The third-order valence-corrected chi connectivity index (χ3v) is 6.27. The van der Waals surface area contributed by atoms with Crippen molar-refractivity contribution in [3.05, 3.63) is 22.4 Å². The summed E-state index contributed by atoms with van der Waals surface area (Å²) in [6.07, 6.45) is 4.08. The van der Waals surface area contributed by atoms with Crippen LogP contribution in [-0.4, -0.2) is 81.3 Å². The van der Waals surface area contributed by atoms with Gasteiger partial charge in [0, 0.05) is 37.6 Å². The maximum Gasteiger partial charge on any atom is 0.191 e. The van der Waals surface area contributed by atoms with Crippen LogP contribution in [0.5, 0.6) is 0 Å². The number of hydrogen-bond donors (Lipinski definition) is 2. The molecule has 0 amide bonds. The number of guanidine groups is 1. The summed E-state index contributed by atoms with van der Waals surface area (Å²) in [7, 11) is 0. The topological polar surface area (TPSA) is 52.1 Å². The number of hydrogen-bond acceptors (Lipinski definition) is 5. The van der Waals surface area contributed by atoms with Gasteiger partial charge >= 0.3 is 0 Å². The smallest absolute Gasteiger partial charge is 0.191 e. The number of morpholine rings is 1. The zero-order valence-corrected chi connectivity index (χ0v) is 17.5. The van der Waals surface area contributed by atoms with Crippen molar-refractivity contribution < 1.29 is 4.74 Å². The number of aliphatic imine (C=N–C) groups is 1. The minimum Gasteiger partial charge on any atom is -0.379 e. The second kappa shape index (κ2) is 11.6. The Bertz CT molecular complexity index is 539. The number of thiophene rings is 1. The molecule has 27 heavy (non-hydrogen) atoms. The van der Waals surface area contributed by atoms with E-state index in [0.717, 1.165) is 58.4 Å². The van der Waals surface area contributed by atoms with Gasteiger partial charge in [0.1, 0.15) is 0 Å². The molecule has 3 heterocycles. The molecule has 2 saturated heterocycles. The lowest BCUT2D eigenvalue weighted by Crippen LogP contribution is -2.44. The fourth-order valence-corrected chi connectivity index (χ4v) is 4.64. The third kappa shape index (κ3) is 6.75. The van der Waals surface area contributed by atoms with Crippen molar-refractivity contribution in [3.63, 3.8) is 0 Å². The van der Waals surface area contributed by atoms with Crippen LogP contribution in [0, 0.1) is 0 Å². The molecule has 3 rings (SSSR count). The number of ether oxygens (including phenoxy) is 1. The van der Waals surface area contributed by atoms with Gasteiger partial charge in [-0.2, -0.15) is 0 Å². The molecule has 2 aliphatic rings. The van der Waals surface area contributed by atoms with Gasteiger partial charge in [0.15, 0.2) is 5.96 Å². The summed E-state index contributed by atoms with van der Waals surface area (Å²) < 4.78 is 5.54. The van der Waals surface area contributed by atoms with Crippen LogP contribution in [0.4, 0.5) is 0 Å². The highest BCUT2D eigenvalue weighted by Crippen LogP contribution is 2.26. The molecule has 1 aromatic heterocycles. The summed E-state index contributed by atoms with van der Waals surface area (Å²) in [6.45, 7) is 11.9. The predicted molar refractivity (Wildman–Crippen MR) is 114 cm³/mol. The number of nitrogens with one attached hydrogen (secondary N) is 2. The predicted octanol–water partition coefficient (Wildman–Crippen LogP) is 2.16. The van der Waals surface area contributed by atoms with Crippen LogP contribution < -0.4 is 10.6 Å². The Labute approximate surface area is 168 Å². The van der Waals surface area contributed by atoms with Crippen molar-refractivity contribution in [2.24, 2.45) is 4.99 Å². The van der Waals surface area contributed by atoms with Crippen LogP contribution in [0.25, 0.3) is 0 Å². The quantitative estimate of drug-likeness (QED) is 0.524. The summed E-state index contributed by atoms with van der Waals surface area (Å²) >= 11 is 1.83. The molecule has 0 spiro atoms. The highest BCUT2D eigenvalue weighted by Gasteiger charge is 2.23. The summed E-state index contributed by atoms with van der Waals surface area (Å²) in [4.78, 5) is 11.4. The Morgan fingerprint density at radius 1 is 1.19 bits per heavy atom. The molecule has 6 nitrogen and oxygen atoms in total. The molecule has 0 radical (unpaired) electrons. The van der Waals surface area contributed by atoms with Crippen molar-refractivity contribution in [2.75, 3.05) is 65.6 Å². The monoisotopic (exact) mass is 393 g/mol. The van der Waals surface area contributed by atoms with Gasteiger partial charge in [0.2, 0.25) is 0 Å². The standard InChI is InChI=1S/C20H35N5OS/c1-2-21-20(22-8-11-24-9-4-3-5-10-24)23-17-18(19-7-6-16-27-19)25-12-14-26-15-13-25/h6-7,16,18H,2-5,8-15,17H2,1H3,(H2,21,22,23). The van der Waals surface area contributed by atoms with Crippen LogP contribution in [0.15, 0.2) is 22.5 Å². The third-order valence-electron chi connectivity index (χ3n) is 5.29. The Morgan fingerprint density at radius 2 is 2.00 bits per heavy atom. The Hall–Kier alpha value is -1.15. The first kappa shape index (κ1) is 20.6. The molecule has 1 atom stereocenters. The fourth-order valence-electron chi connectivity index (χ4n) is 3.79. The van der Waals surface area contributed by atoms with Crippen LogP contribution in [0.2, 0.25) is 0 Å². The maximum atomic E-state index is 5.54. The molecule has 0 aromatic carbocycles. The first-order chi connectivity index (χ1) is 13.4. The van der Waals surface area contributed by atoms with Crippen molar-refractivity contribution in [1.82, 2.24) is 20.4 Å². The normalized spacial score (nSPS) is 21.1. The van der Waals surface area contributed by atoms with Gasteiger partial charge in [-0.15, -0.1) is 11.3 Å². The van der Waals surface area contributed by atoms with Gasteiger partial charge in [0.25, 0.3) is 0 Å². The van der Waals surface area contributed by atoms with E-state index in [-0.39, 0.29) is 0 Å². The van der Waals surface area contributed by atoms with Crippen molar-refractivity contribution in [3.8, 4) is 0 Å². The number of piperidine rings is 1. The van der Waals surface area contributed by atoms with Gasteiger partial charge in [-0.05, 0) is 44.3 Å². The minimum absolute atomic E-state index is 0.339. The molecular formula is C20H35N5OS. The largest absolute Gasteiger partial charge is 0.379 e. The van der Waals surface area contributed by atoms with Crippen LogP contribution in [-0.2, 0) is 4.74 Å². The van der Waals surface area contributed by atoms with Crippen LogP contribution in [0.3, 0.4) is 0 Å². The molecule has 1 unspecified atom stereocenters. The van der Waals surface area contributed by atoms with E-state index in [1.165, 1.54) is 37.2 Å². The number of likely N-dealkylation sites (tertiary alicyclic amines) is 1. The Kier molecular flexibility index (Phi) is 8.87. The fraction of sp³-hybridized carbons (Fsp3) is 0.750. The van der Waals surface area contributed by atoms with E-state index in [2.05, 4.69) is 44.9 Å². The Morgan fingerprint density at radius 3 is 2.70 bits per heavy atom. The first-order valence-corrected chi connectivity index (χ1v) is 11.3. The zero-order valence-electron chi connectivity index (χ0n) is 16.7. The zero-order chi connectivity index (χ0) is 18.7. The molecule has 2 N–H and O–H groups in total. The molecule has 2 aliphatic heterocycles. The van der Waals surface area contributed by atoms with E-state index in [1.807, 2.05) is 11.3 Å². The average molecular weight is 394 g/mol. The molecular weight excluding hydrogens is 358 g/mol. The van der Waals surface area contributed by atoms with E-state index in [1.54, 1.807) is 0 Å². The SMILES string of the molecule is CCNC(=NCC(c1cccs1)N1CCOCC1)NCCN1CCCCC1. The van der Waals surface area contributed by atoms with E-state index < -0.39 is 0 Å². The highest BCUT2D eigenvalue weighted by atomic mass is 32.1. The lowest BCUT2D eigenvalue weighted by atomic mass is 10.1. The van der Waals surface area contributed by atoms with Crippen molar-refractivity contribution in [1.29, 1.82) is 0 Å². The van der Waals surface area contributed by atoms with E-state index in [0.29, 0.717) is 6.04 Å². The number of rotatable bonds is 8. The van der Waals surface area contributed by atoms with Crippen LogP contribution >= 0.6 is 11.3 Å². The Balaban J connectivity index is 1.55. The molecule has 0 aliphatic carbocycles. The molecule has 2 fully saturated rings. The summed E-state index contributed by atoms with van der Waals surface area (Å²) in [5.41, 5.74) is 0. The second-order valence-corrected chi connectivity index (χ2v) is 8.21. The number of nitrogens with zero attached hydrogens (tertiary/aromatic N) is 3. The summed E-state index contributed by atoms with van der Waals surface area (Å²) in [6, 6.07) is 4.71. The van der Waals surface area contributed by atoms with Gasteiger partial charge in [-0.25, -0.2) is 0 Å². The second-order valence-electron chi connectivity index (χ2n) is 7.23. The molecule has 1 aromatic rings. The van der Waals surface area contributed by atoms with Gasteiger partial charge < -0.3 is 20.3 Å². The van der Waals surface area contributed by atoms with E-state index in [9.17, 15) is 0 Å². The van der Waals surface area contributed by atoms with Crippen molar-refractivity contribution >= 4 is 17.3 Å². The van der Waals surface area contributed by atoms with Gasteiger partial charge in [-0.3, -0.25) is 9.89 Å². The van der Waals surface area contributed by atoms with E-state index in [4.69, 9.17) is 9.73 Å². The summed E-state index contributed by atoms with van der Waals surface area (Å²) in [5.74, 6) is 0.935. The van der Waals surface area contributed by atoms with Crippen molar-refractivity contribution in [2.45, 2.75) is 32.2 Å². The minimum atomic E-state index is 0.339. The lowest BCUT2D eigenvalue weighted by molar-refractivity contribution is 0.0186. The average Bonchev–Trinajstić information content (AvgIpc) is 3.24. The van der Waals surface area contributed by atoms with Gasteiger partial charge in [0.05, 0.1) is 25.8 Å². The molecule has 7 heteroatoms. The van der Waals surface area contributed by atoms with Gasteiger partial charge in [-0.1, -0.05) is 12.5 Å². The van der Waals surface area contributed by atoms with E-state index >= 15 is 0 Å². The summed E-state index contributed by atoms with van der Waals surface area (Å²) in [5, 5.41) is 9.09.